The molecule has 4 heteroatoms. The van der Waals surface area contributed by atoms with Gasteiger partial charge in [-0.05, 0) is 20.8 Å². The van der Waals surface area contributed by atoms with E-state index in [2.05, 4.69) is 9.97 Å². The van der Waals surface area contributed by atoms with Crippen LogP contribution in [0.25, 0.3) is 0 Å². The topological polar surface area (TPSA) is 35.0 Å². The van der Waals surface area contributed by atoms with Crippen LogP contribution in [0.3, 0.4) is 0 Å². The maximum absolute atomic E-state index is 5.77. The summed E-state index contributed by atoms with van der Waals surface area (Å²) in [6.45, 7) is 5.71. The van der Waals surface area contributed by atoms with Crippen LogP contribution in [0.2, 0.25) is 5.15 Å². The second-order valence-corrected chi connectivity index (χ2v) is 3.12. The largest absolute Gasteiger partial charge is 0.475 e. The summed E-state index contributed by atoms with van der Waals surface area (Å²) in [5.74, 6) is 0.560. The highest BCUT2D eigenvalue weighted by atomic mass is 35.5. The lowest BCUT2D eigenvalue weighted by molar-refractivity contribution is 0.230. The maximum atomic E-state index is 5.77. The predicted molar refractivity (Wildman–Crippen MR) is 47.5 cm³/mol. The first kappa shape index (κ1) is 9.26. The zero-order valence-corrected chi connectivity index (χ0v) is 8.09. The minimum atomic E-state index is 0.106. The van der Waals surface area contributed by atoms with E-state index >= 15 is 0 Å². The Labute approximate surface area is 76.7 Å². The van der Waals surface area contributed by atoms with Crippen molar-refractivity contribution in [2.45, 2.75) is 26.9 Å². The first-order valence-corrected chi connectivity index (χ1v) is 4.13. The lowest BCUT2D eigenvalue weighted by Crippen LogP contribution is -2.08. The van der Waals surface area contributed by atoms with E-state index in [4.69, 9.17) is 16.3 Å². The highest BCUT2D eigenvalue weighted by molar-refractivity contribution is 6.30. The summed E-state index contributed by atoms with van der Waals surface area (Å²) in [4.78, 5) is 7.78. The maximum Gasteiger partial charge on any atom is 0.221 e. The van der Waals surface area contributed by atoms with Crippen molar-refractivity contribution < 1.29 is 4.74 Å². The van der Waals surface area contributed by atoms with Gasteiger partial charge in [0.2, 0.25) is 5.88 Å². The fraction of sp³-hybridized carbons (Fsp3) is 0.500. The SMILES string of the molecule is Cc1c(Cl)ncnc1OC(C)C. The normalized spacial score (nSPS) is 10.4. The number of rotatable bonds is 2. The van der Waals surface area contributed by atoms with E-state index in [-0.39, 0.29) is 6.10 Å². The Hall–Kier alpha value is -0.830. The quantitative estimate of drug-likeness (QED) is 0.665. The van der Waals surface area contributed by atoms with Gasteiger partial charge in [0.25, 0.3) is 0 Å². The molecule has 0 saturated carbocycles. The monoisotopic (exact) mass is 186 g/mol. The molecular weight excluding hydrogens is 176 g/mol. The highest BCUT2D eigenvalue weighted by Gasteiger charge is 2.06. The molecule has 1 rings (SSSR count). The van der Waals surface area contributed by atoms with E-state index in [1.165, 1.54) is 6.33 Å². The molecule has 0 aliphatic carbocycles. The Kier molecular flexibility index (Phi) is 2.87. The number of aromatic nitrogens is 2. The molecule has 0 fully saturated rings. The molecule has 0 aliphatic heterocycles. The van der Waals surface area contributed by atoms with E-state index in [1.54, 1.807) is 0 Å². The van der Waals surface area contributed by atoms with Gasteiger partial charge in [-0.2, -0.15) is 0 Å². The highest BCUT2D eigenvalue weighted by Crippen LogP contribution is 2.20. The summed E-state index contributed by atoms with van der Waals surface area (Å²) >= 11 is 5.77. The molecule has 66 valence electrons. The van der Waals surface area contributed by atoms with Crippen LogP contribution >= 0.6 is 11.6 Å². The first-order chi connectivity index (χ1) is 5.61. The van der Waals surface area contributed by atoms with Crippen LogP contribution in [0.15, 0.2) is 6.33 Å². The van der Waals surface area contributed by atoms with Gasteiger partial charge < -0.3 is 4.74 Å². The van der Waals surface area contributed by atoms with Gasteiger partial charge in [-0.25, -0.2) is 9.97 Å². The van der Waals surface area contributed by atoms with E-state index in [9.17, 15) is 0 Å². The van der Waals surface area contributed by atoms with Crippen LogP contribution in [0.5, 0.6) is 5.88 Å². The van der Waals surface area contributed by atoms with Gasteiger partial charge in [-0.15, -0.1) is 0 Å². The van der Waals surface area contributed by atoms with E-state index in [0.29, 0.717) is 11.0 Å². The second-order valence-electron chi connectivity index (χ2n) is 2.76. The first-order valence-electron chi connectivity index (χ1n) is 3.75. The molecule has 0 saturated heterocycles. The average Bonchev–Trinajstić information content (AvgIpc) is 1.98. The average molecular weight is 187 g/mol. The number of halogens is 1. The Morgan fingerprint density at radius 1 is 1.42 bits per heavy atom. The molecular formula is C8H11ClN2O. The van der Waals surface area contributed by atoms with Crippen molar-refractivity contribution in [3.8, 4) is 5.88 Å². The van der Waals surface area contributed by atoms with Crippen LogP contribution in [0.1, 0.15) is 19.4 Å². The third kappa shape index (κ3) is 2.08. The number of ether oxygens (including phenoxy) is 1. The Balaban J connectivity index is 2.92. The number of nitrogens with zero attached hydrogens (tertiary/aromatic N) is 2. The van der Waals surface area contributed by atoms with Gasteiger partial charge >= 0.3 is 0 Å². The van der Waals surface area contributed by atoms with Crippen LogP contribution in [0, 0.1) is 6.92 Å². The summed E-state index contributed by atoms with van der Waals surface area (Å²) in [6, 6.07) is 0. The van der Waals surface area contributed by atoms with Crippen molar-refractivity contribution in [3.05, 3.63) is 17.0 Å². The number of hydrogen-bond acceptors (Lipinski definition) is 3. The second kappa shape index (κ2) is 3.72. The van der Waals surface area contributed by atoms with Gasteiger partial charge in [-0.1, -0.05) is 11.6 Å². The smallest absolute Gasteiger partial charge is 0.221 e. The molecule has 0 atom stereocenters. The summed E-state index contributed by atoms with van der Waals surface area (Å²) < 4.78 is 5.39. The Morgan fingerprint density at radius 3 is 2.67 bits per heavy atom. The lowest BCUT2D eigenvalue weighted by atomic mass is 10.3. The van der Waals surface area contributed by atoms with Crippen LogP contribution in [-0.2, 0) is 0 Å². The molecule has 3 nitrogen and oxygen atoms in total. The molecule has 0 amide bonds. The van der Waals surface area contributed by atoms with Crippen molar-refractivity contribution in [2.75, 3.05) is 0 Å². The van der Waals surface area contributed by atoms with Crippen LogP contribution in [-0.4, -0.2) is 16.1 Å². The van der Waals surface area contributed by atoms with Crippen molar-refractivity contribution in [3.63, 3.8) is 0 Å². The molecule has 0 unspecified atom stereocenters. The summed E-state index contributed by atoms with van der Waals surface area (Å²) in [5, 5.41) is 0.445. The molecule has 12 heavy (non-hydrogen) atoms. The van der Waals surface area contributed by atoms with Crippen molar-refractivity contribution in [1.29, 1.82) is 0 Å². The third-order valence-electron chi connectivity index (χ3n) is 1.32. The van der Waals surface area contributed by atoms with Crippen LogP contribution in [0.4, 0.5) is 0 Å². The van der Waals surface area contributed by atoms with Gasteiger partial charge in [-0.3, -0.25) is 0 Å². The minimum absolute atomic E-state index is 0.106. The molecule has 0 aromatic carbocycles. The Morgan fingerprint density at radius 2 is 2.08 bits per heavy atom. The third-order valence-corrected chi connectivity index (χ3v) is 1.70. The molecule has 0 N–H and O–H groups in total. The standard InChI is InChI=1S/C8H11ClN2O/c1-5(2)12-8-6(3)7(9)10-4-11-8/h4-5H,1-3H3. The zero-order chi connectivity index (χ0) is 9.14. The van der Waals surface area contributed by atoms with Crippen molar-refractivity contribution >= 4 is 11.6 Å². The van der Waals surface area contributed by atoms with E-state index in [1.807, 2.05) is 20.8 Å². The van der Waals surface area contributed by atoms with Gasteiger partial charge in [0.05, 0.1) is 6.10 Å². The molecule has 1 aromatic rings. The van der Waals surface area contributed by atoms with Gasteiger partial charge in [0.15, 0.2) is 0 Å². The zero-order valence-electron chi connectivity index (χ0n) is 7.34. The predicted octanol–water partition coefficient (Wildman–Crippen LogP) is 2.23. The summed E-state index contributed by atoms with van der Waals surface area (Å²) in [5.41, 5.74) is 0.785. The molecule has 0 aliphatic rings. The van der Waals surface area contributed by atoms with Crippen molar-refractivity contribution in [2.24, 2.45) is 0 Å². The minimum Gasteiger partial charge on any atom is -0.475 e. The van der Waals surface area contributed by atoms with Crippen molar-refractivity contribution in [1.82, 2.24) is 9.97 Å². The summed E-state index contributed by atoms with van der Waals surface area (Å²) in [6.07, 6.45) is 1.50. The number of hydrogen-bond donors (Lipinski definition) is 0. The summed E-state index contributed by atoms with van der Waals surface area (Å²) in [7, 11) is 0. The van der Waals surface area contributed by atoms with Crippen LogP contribution < -0.4 is 4.74 Å². The Bertz CT molecular complexity index is 276. The molecule has 1 heterocycles. The van der Waals surface area contributed by atoms with E-state index in [0.717, 1.165) is 5.56 Å². The molecule has 0 spiro atoms. The fourth-order valence-electron chi connectivity index (χ4n) is 0.756. The lowest BCUT2D eigenvalue weighted by Gasteiger charge is -2.10. The molecule has 1 aromatic heterocycles. The van der Waals surface area contributed by atoms with Gasteiger partial charge in [0, 0.05) is 5.56 Å². The van der Waals surface area contributed by atoms with E-state index < -0.39 is 0 Å². The molecule has 0 radical (unpaired) electrons. The van der Waals surface area contributed by atoms with Gasteiger partial charge in [0.1, 0.15) is 11.5 Å². The fourth-order valence-corrected chi connectivity index (χ4v) is 0.880. The molecule has 0 bridgehead atoms.